The molecule has 0 radical (unpaired) electrons. The summed E-state index contributed by atoms with van der Waals surface area (Å²) in [4.78, 5) is 29.5. The van der Waals surface area contributed by atoms with Crippen LogP contribution in [-0.4, -0.2) is 40.8 Å². The van der Waals surface area contributed by atoms with Gasteiger partial charge in [-0.3, -0.25) is 9.59 Å². The van der Waals surface area contributed by atoms with Crippen LogP contribution >= 0.6 is 35.5 Å². The number of amides is 1. The van der Waals surface area contributed by atoms with Crippen molar-refractivity contribution in [2.24, 2.45) is 5.41 Å². The maximum Gasteiger partial charge on any atom is 0.227 e. The number of nitrogens with one attached hydrogen (secondary N) is 2. The smallest absolute Gasteiger partial charge is 0.227 e. The highest BCUT2D eigenvalue weighted by atomic mass is 35.5. The number of nitrogens with zero attached hydrogens (tertiary/aromatic N) is 1. The van der Waals surface area contributed by atoms with Gasteiger partial charge in [-0.1, -0.05) is 25.2 Å². The molecule has 128 valence electrons. The number of thiazole rings is 1. The van der Waals surface area contributed by atoms with Gasteiger partial charge < -0.3 is 10.6 Å². The van der Waals surface area contributed by atoms with E-state index >= 15 is 0 Å². The number of carbonyl (C=O) groups excluding carboxylic acids is 2. The van der Waals surface area contributed by atoms with Crippen LogP contribution in [0.1, 0.15) is 42.1 Å². The minimum atomic E-state index is -0.0390. The number of carbonyl (C=O) groups is 2. The van der Waals surface area contributed by atoms with Crippen molar-refractivity contribution in [3.8, 4) is 0 Å². The molecule has 23 heavy (non-hydrogen) atoms. The van der Waals surface area contributed by atoms with Crippen molar-refractivity contribution in [1.29, 1.82) is 0 Å². The van der Waals surface area contributed by atoms with Crippen molar-refractivity contribution in [3.63, 3.8) is 0 Å². The lowest BCUT2D eigenvalue weighted by Gasteiger charge is -2.26. The van der Waals surface area contributed by atoms with E-state index in [1.165, 1.54) is 11.3 Å². The van der Waals surface area contributed by atoms with E-state index in [1.807, 2.05) is 11.8 Å². The molecule has 1 saturated heterocycles. The average molecular weight is 376 g/mol. The first kappa shape index (κ1) is 18.7. The second kappa shape index (κ2) is 7.51. The molecule has 8 heteroatoms. The van der Waals surface area contributed by atoms with E-state index < -0.39 is 0 Å². The third kappa shape index (κ3) is 4.68. The first-order valence-electron chi connectivity index (χ1n) is 7.57. The molecule has 1 atom stereocenters. The topological polar surface area (TPSA) is 71.1 Å². The lowest BCUT2D eigenvalue weighted by atomic mass is 9.78. The fourth-order valence-corrected chi connectivity index (χ4v) is 4.80. The molecule has 1 aliphatic carbocycles. The summed E-state index contributed by atoms with van der Waals surface area (Å²) < 4.78 is 0. The van der Waals surface area contributed by atoms with E-state index in [2.05, 4.69) is 29.5 Å². The van der Waals surface area contributed by atoms with Crippen LogP contribution in [0.5, 0.6) is 0 Å². The molecule has 0 spiro atoms. The second-order valence-corrected chi connectivity index (χ2v) is 8.86. The molecule has 1 aliphatic heterocycles. The number of hydrogen-bond acceptors (Lipinski definition) is 6. The highest BCUT2D eigenvalue weighted by molar-refractivity contribution is 7.99. The summed E-state index contributed by atoms with van der Waals surface area (Å²) in [7, 11) is 0. The zero-order chi connectivity index (χ0) is 15.7. The molecule has 0 aromatic carbocycles. The van der Waals surface area contributed by atoms with E-state index in [1.54, 1.807) is 0 Å². The molecule has 0 bridgehead atoms. The number of fused-ring (bicyclic) bond motifs is 1. The van der Waals surface area contributed by atoms with Crippen LogP contribution in [0.4, 0.5) is 5.13 Å². The lowest BCUT2D eigenvalue weighted by molar-refractivity contribution is -0.116. The minimum absolute atomic E-state index is 0. The third-order valence-corrected chi connectivity index (χ3v) is 6.10. The Bertz CT molecular complexity index is 598. The summed E-state index contributed by atoms with van der Waals surface area (Å²) >= 11 is 3.19. The van der Waals surface area contributed by atoms with Crippen LogP contribution in [-0.2, 0) is 11.2 Å². The number of halogens is 1. The molecule has 1 aromatic rings. The maximum atomic E-state index is 12.2. The van der Waals surface area contributed by atoms with Gasteiger partial charge in [0.2, 0.25) is 5.91 Å². The number of anilines is 1. The molecule has 2 N–H and O–H groups in total. The predicted octanol–water partition coefficient (Wildman–Crippen LogP) is 2.75. The standard InChI is InChI=1S/C15H21N3O2S2.ClH/c1-15(2)6-10-13(11(19)7-15)22-14(17-10)18-12(20)5-9-8-21-4-3-16-9;/h9,16H,3-8H2,1-2H3,(H,17,18,20);1H. The molecular weight excluding hydrogens is 354 g/mol. The van der Waals surface area contributed by atoms with Crippen LogP contribution in [0, 0.1) is 5.41 Å². The highest BCUT2D eigenvalue weighted by Gasteiger charge is 2.34. The van der Waals surface area contributed by atoms with E-state index in [4.69, 9.17) is 0 Å². The summed E-state index contributed by atoms with van der Waals surface area (Å²) in [6.07, 6.45) is 1.80. The minimum Gasteiger partial charge on any atom is -0.312 e. The van der Waals surface area contributed by atoms with Gasteiger partial charge in [-0.25, -0.2) is 4.98 Å². The summed E-state index contributed by atoms with van der Waals surface area (Å²) in [5.41, 5.74) is 0.802. The Balaban J connectivity index is 0.00000192. The monoisotopic (exact) mass is 375 g/mol. The normalized spacial score (nSPS) is 22.9. The Morgan fingerprint density at radius 3 is 2.91 bits per heavy atom. The Kier molecular flexibility index (Phi) is 6.10. The van der Waals surface area contributed by atoms with Gasteiger partial charge in [-0.2, -0.15) is 11.8 Å². The van der Waals surface area contributed by atoms with Gasteiger partial charge >= 0.3 is 0 Å². The Morgan fingerprint density at radius 1 is 1.43 bits per heavy atom. The molecule has 1 aromatic heterocycles. The number of thioether (sulfide) groups is 1. The summed E-state index contributed by atoms with van der Waals surface area (Å²) in [6, 6.07) is 0.230. The highest BCUT2D eigenvalue weighted by Crippen LogP contribution is 2.38. The van der Waals surface area contributed by atoms with Gasteiger partial charge in [0.15, 0.2) is 10.9 Å². The van der Waals surface area contributed by atoms with Gasteiger partial charge in [0, 0.05) is 36.9 Å². The van der Waals surface area contributed by atoms with Gasteiger partial charge in [0.1, 0.15) is 0 Å². The third-order valence-electron chi connectivity index (χ3n) is 3.91. The fourth-order valence-electron chi connectivity index (χ4n) is 2.92. The van der Waals surface area contributed by atoms with Gasteiger partial charge in [-0.05, 0) is 11.8 Å². The molecular formula is C15H22ClN3O2S2. The largest absolute Gasteiger partial charge is 0.312 e. The molecule has 5 nitrogen and oxygen atoms in total. The molecule has 1 unspecified atom stereocenters. The number of aromatic nitrogens is 1. The Hall–Kier alpha value is -0.630. The quantitative estimate of drug-likeness (QED) is 0.849. The van der Waals surface area contributed by atoms with E-state index in [0.717, 1.165) is 35.0 Å². The number of hydrogen-bond donors (Lipinski definition) is 2. The van der Waals surface area contributed by atoms with Crippen molar-refractivity contribution < 1.29 is 9.59 Å². The zero-order valence-corrected chi connectivity index (χ0v) is 15.8. The van der Waals surface area contributed by atoms with Gasteiger partial charge in [0.05, 0.1) is 10.6 Å². The van der Waals surface area contributed by atoms with E-state index in [9.17, 15) is 9.59 Å². The molecule has 0 saturated carbocycles. The maximum absolute atomic E-state index is 12.2. The van der Waals surface area contributed by atoms with Crippen LogP contribution in [0.25, 0.3) is 0 Å². The summed E-state index contributed by atoms with van der Waals surface area (Å²) in [6.45, 7) is 5.12. The Morgan fingerprint density at radius 2 is 2.22 bits per heavy atom. The first-order valence-corrected chi connectivity index (χ1v) is 9.54. The van der Waals surface area contributed by atoms with E-state index in [0.29, 0.717) is 18.0 Å². The van der Waals surface area contributed by atoms with Crippen molar-refractivity contribution in [1.82, 2.24) is 10.3 Å². The van der Waals surface area contributed by atoms with E-state index in [-0.39, 0.29) is 35.6 Å². The van der Waals surface area contributed by atoms with Crippen LogP contribution in [0.3, 0.4) is 0 Å². The fraction of sp³-hybridized carbons (Fsp3) is 0.667. The van der Waals surface area contributed by atoms with Gasteiger partial charge in [-0.15, -0.1) is 12.4 Å². The van der Waals surface area contributed by atoms with Crippen molar-refractivity contribution >= 4 is 52.3 Å². The average Bonchev–Trinajstić information content (AvgIpc) is 2.80. The zero-order valence-electron chi connectivity index (χ0n) is 13.3. The van der Waals surface area contributed by atoms with Crippen molar-refractivity contribution in [2.45, 2.75) is 39.2 Å². The van der Waals surface area contributed by atoms with Gasteiger partial charge in [0.25, 0.3) is 0 Å². The summed E-state index contributed by atoms with van der Waals surface area (Å²) in [5.74, 6) is 2.19. The number of ketones is 1. The molecule has 1 fully saturated rings. The SMILES string of the molecule is CC1(C)CC(=O)c2sc(NC(=O)CC3CSCCN3)nc2C1.Cl. The lowest BCUT2D eigenvalue weighted by Crippen LogP contribution is -2.39. The molecule has 2 heterocycles. The summed E-state index contributed by atoms with van der Waals surface area (Å²) in [5, 5.41) is 6.77. The number of Topliss-reactive ketones (excluding diaryl/α,β-unsaturated/α-hetero) is 1. The van der Waals surface area contributed by atoms with Crippen molar-refractivity contribution in [2.75, 3.05) is 23.4 Å². The van der Waals surface area contributed by atoms with Crippen LogP contribution in [0.15, 0.2) is 0 Å². The van der Waals surface area contributed by atoms with Crippen LogP contribution < -0.4 is 10.6 Å². The first-order chi connectivity index (χ1) is 10.4. The van der Waals surface area contributed by atoms with Crippen LogP contribution in [0.2, 0.25) is 0 Å². The number of rotatable bonds is 3. The molecule has 1 amide bonds. The second-order valence-electron chi connectivity index (χ2n) is 6.71. The molecule has 2 aliphatic rings. The molecule has 3 rings (SSSR count). The predicted molar refractivity (Wildman–Crippen MR) is 98.2 cm³/mol. The Labute approximate surface area is 150 Å². The van der Waals surface area contributed by atoms with Crippen molar-refractivity contribution in [3.05, 3.63) is 10.6 Å².